The SMILES string of the molecule is COc1cccc(-c2nnc(SC(C)C(=O)Nc3cccc(C)c3)n2-c2ccccc2)c1. The molecule has 7 heteroatoms. The molecule has 162 valence electrons. The Morgan fingerprint density at radius 3 is 2.53 bits per heavy atom. The molecule has 1 N–H and O–H groups in total. The van der Waals surface area contributed by atoms with Gasteiger partial charge < -0.3 is 10.1 Å². The average Bonchev–Trinajstić information content (AvgIpc) is 3.23. The Balaban J connectivity index is 1.65. The van der Waals surface area contributed by atoms with Gasteiger partial charge >= 0.3 is 0 Å². The van der Waals surface area contributed by atoms with E-state index in [-0.39, 0.29) is 11.2 Å². The van der Waals surface area contributed by atoms with Crippen molar-refractivity contribution >= 4 is 23.4 Å². The second-order valence-corrected chi connectivity index (χ2v) is 8.64. The Bertz CT molecular complexity index is 1220. The Kier molecular flexibility index (Phi) is 6.56. The quantitative estimate of drug-likeness (QED) is 0.388. The minimum atomic E-state index is -0.375. The van der Waals surface area contributed by atoms with Crippen molar-refractivity contribution in [1.82, 2.24) is 14.8 Å². The molecule has 1 atom stereocenters. The van der Waals surface area contributed by atoms with E-state index in [1.807, 2.05) is 97.3 Å². The molecule has 0 bridgehead atoms. The van der Waals surface area contributed by atoms with E-state index in [1.54, 1.807) is 7.11 Å². The van der Waals surface area contributed by atoms with Crippen molar-refractivity contribution in [2.24, 2.45) is 0 Å². The number of aromatic nitrogens is 3. The van der Waals surface area contributed by atoms with Crippen LogP contribution in [0, 0.1) is 6.92 Å². The van der Waals surface area contributed by atoms with Crippen LogP contribution in [0.15, 0.2) is 84.0 Å². The number of carbonyl (C=O) groups excluding carboxylic acids is 1. The molecule has 0 fully saturated rings. The van der Waals surface area contributed by atoms with Gasteiger partial charge in [-0.25, -0.2) is 0 Å². The number of methoxy groups -OCH3 is 1. The molecule has 4 rings (SSSR count). The van der Waals surface area contributed by atoms with Crippen LogP contribution in [0.5, 0.6) is 5.75 Å². The summed E-state index contributed by atoms with van der Waals surface area (Å²) in [6.45, 7) is 3.86. The molecule has 1 amide bonds. The molecule has 0 radical (unpaired) electrons. The number of anilines is 1. The van der Waals surface area contributed by atoms with E-state index in [9.17, 15) is 4.79 Å². The lowest BCUT2D eigenvalue weighted by atomic mass is 10.2. The fraction of sp³-hybridized carbons (Fsp3) is 0.160. The number of nitrogens with one attached hydrogen (secondary N) is 1. The van der Waals surface area contributed by atoms with Crippen molar-refractivity contribution < 1.29 is 9.53 Å². The van der Waals surface area contributed by atoms with E-state index in [2.05, 4.69) is 15.5 Å². The van der Waals surface area contributed by atoms with Crippen LogP contribution in [0.3, 0.4) is 0 Å². The second kappa shape index (κ2) is 9.70. The molecule has 0 spiro atoms. The number of nitrogens with zero attached hydrogens (tertiary/aromatic N) is 3. The van der Waals surface area contributed by atoms with E-state index in [1.165, 1.54) is 11.8 Å². The number of rotatable bonds is 7. The maximum absolute atomic E-state index is 12.8. The van der Waals surface area contributed by atoms with E-state index >= 15 is 0 Å². The normalized spacial score (nSPS) is 11.7. The first-order valence-electron chi connectivity index (χ1n) is 10.2. The number of hydrogen-bond acceptors (Lipinski definition) is 5. The largest absolute Gasteiger partial charge is 0.497 e. The van der Waals surface area contributed by atoms with Gasteiger partial charge in [0, 0.05) is 16.9 Å². The number of hydrogen-bond donors (Lipinski definition) is 1. The summed E-state index contributed by atoms with van der Waals surface area (Å²) in [5, 5.41) is 12.1. The number of amides is 1. The van der Waals surface area contributed by atoms with Gasteiger partial charge in [-0.05, 0) is 55.8 Å². The zero-order valence-electron chi connectivity index (χ0n) is 18.1. The van der Waals surface area contributed by atoms with Gasteiger partial charge in [0.2, 0.25) is 5.91 Å². The number of ether oxygens (including phenoxy) is 1. The van der Waals surface area contributed by atoms with Gasteiger partial charge in [0.25, 0.3) is 0 Å². The van der Waals surface area contributed by atoms with Gasteiger partial charge in [-0.2, -0.15) is 0 Å². The summed E-state index contributed by atoms with van der Waals surface area (Å²) in [6.07, 6.45) is 0. The van der Waals surface area contributed by atoms with Crippen molar-refractivity contribution in [3.05, 3.63) is 84.4 Å². The number of aryl methyl sites for hydroxylation is 1. The van der Waals surface area contributed by atoms with Crippen molar-refractivity contribution in [2.45, 2.75) is 24.3 Å². The summed E-state index contributed by atoms with van der Waals surface area (Å²) in [5.74, 6) is 1.33. The molecule has 1 heterocycles. The molecule has 0 aliphatic rings. The zero-order chi connectivity index (χ0) is 22.5. The molecular weight excluding hydrogens is 420 g/mol. The molecule has 0 saturated heterocycles. The van der Waals surface area contributed by atoms with Crippen LogP contribution in [0.25, 0.3) is 17.1 Å². The molecule has 1 aromatic heterocycles. The van der Waals surface area contributed by atoms with Gasteiger partial charge in [0.05, 0.1) is 12.4 Å². The minimum Gasteiger partial charge on any atom is -0.497 e. The smallest absolute Gasteiger partial charge is 0.237 e. The highest BCUT2D eigenvalue weighted by Crippen LogP contribution is 2.31. The van der Waals surface area contributed by atoms with Crippen LogP contribution in [-0.4, -0.2) is 33.0 Å². The van der Waals surface area contributed by atoms with Crippen LogP contribution in [0.1, 0.15) is 12.5 Å². The Morgan fingerprint density at radius 2 is 1.78 bits per heavy atom. The van der Waals surface area contributed by atoms with E-state index in [0.717, 1.165) is 28.3 Å². The highest BCUT2D eigenvalue weighted by molar-refractivity contribution is 8.00. The number of carbonyl (C=O) groups is 1. The molecule has 1 unspecified atom stereocenters. The lowest BCUT2D eigenvalue weighted by Gasteiger charge is -2.14. The van der Waals surface area contributed by atoms with Crippen LogP contribution in [0.2, 0.25) is 0 Å². The highest BCUT2D eigenvalue weighted by atomic mass is 32.2. The summed E-state index contributed by atoms with van der Waals surface area (Å²) in [7, 11) is 1.64. The van der Waals surface area contributed by atoms with Gasteiger partial charge in [0.15, 0.2) is 11.0 Å². The van der Waals surface area contributed by atoms with Gasteiger partial charge in [-0.15, -0.1) is 10.2 Å². The lowest BCUT2D eigenvalue weighted by Crippen LogP contribution is -2.23. The second-order valence-electron chi connectivity index (χ2n) is 7.33. The first-order valence-corrected chi connectivity index (χ1v) is 11.1. The maximum Gasteiger partial charge on any atom is 0.237 e. The Morgan fingerprint density at radius 1 is 1.00 bits per heavy atom. The van der Waals surface area contributed by atoms with Crippen LogP contribution in [-0.2, 0) is 4.79 Å². The van der Waals surface area contributed by atoms with Crippen molar-refractivity contribution in [3.63, 3.8) is 0 Å². The lowest BCUT2D eigenvalue weighted by molar-refractivity contribution is -0.115. The summed E-state index contributed by atoms with van der Waals surface area (Å²) in [4.78, 5) is 12.8. The summed E-state index contributed by atoms with van der Waals surface area (Å²) in [6, 6.07) is 25.3. The number of benzene rings is 3. The van der Waals surface area contributed by atoms with E-state index < -0.39 is 0 Å². The summed E-state index contributed by atoms with van der Waals surface area (Å²) < 4.78 is 7.34. The monoisotopic (exact) mass is 444 g/mol. The summed E-state index contributed by atoms with van der Waals surface area (Å²) >= 11 is 1.37. The standard InChI is InChI=1S/C25H24N4O2S/c1-17-9-7-11-20(15-17)26-24(30)18(2)32-25-28-27-23(19-10-8-14-22(16-19)31-3)29(25)21-12-5-4-6-13-21/h4-16,18H,1-3H3,(H,26,30). The molecule has 4 aromatic rings. The third kappa shape index (κ3) is 4.84. The highest BCUT2D eigenvalue weighted by Gasteiger charge is 2.22. The van der Waals surface area contributed by atoms with Crippen molar-refractivity contribution in [3.8, 4) is 22.8 Å². The fourth-order valence-electron chi connectivity index (χ4n) is 3.28. The third-order valence-electron chi connectivity index (χ3n) is 4.91. The third-order valence-corrected chi connectivity index (χ3v) is 5.96. The van der Waals surface area contributed by atoms with Crippen molar-refractivity contribution in [2.75, 3.05) is 12.4 Å². The average molecular weight is 445 g/mol. The fourth-order valence-corrected chi connectivity index (χ4v) is 4.15. The molecule has 6 nitrogen and oxygen atoms in total. The topological polar surface area (TPSA) is 69.0 Å². The summed E-state index contributed by atoms with van der Waals surface area (Å²) in [5.41, 5.74) is 3.67. The van der Waals surface area contributed by atoms with Gasteiger partial charge in [-0.1, -0.05) is 54.2 Å². The zero-order valence-corrected chi connectivity index (χ0v) is 19.0. The van der Waals surface area contributed by atoms with Crippen LogP contribution >= 0.6 is 11.8 Å². The maximum atomic E-state index is 12.8. The van der Waals surface area contributed by atoms with E-state index in [0.29, 0.717) is 11.0 Å². The molecule has 0 aliphatic heterocycles. The van der Waals surface area contributed by atoms with Crippen molar-refractivity contribution in [1.29, 1.82) is 0 Å². The van der Waals surface area contributed by atoms with Crippen LogP contribution < -0.4 is 10.1 Å². The first kappa shape index (κ1) is 21.6. The Hall–Kier alpha value is -3.58. The first-order chi connectivity index (χ1) is 15.5. The predicted molar refractivity (Wildman–Crippen MR) is 128 cm³/mol. The predicted octanol–water partition coefficient (Wildman–Crippen LogP) is 5.37. The molecular formula is C25H24N4O2S. The van der Waals surface area contributed by atoms with Gasteiger partial charge in [-0.3, -0.25) is 9.36 Å². The molecule has 32 heavy (non-hydrogen) atoms. The number of thioether (sulfide) groups is 1. The molecule has 0 aliphatic carbocycles. The van der Waals surface area contributed by atoms with Gasteiger partial charge in [0.1, 0.15) is 5.75 Å². The Labute approximate surface area is 191 Å². The number of para-hydroxylation sites is 1. The van der Waals surface area contributed by atoms with Crippen LogP contribution in [0.4, 0.5) is 5.69 Å². The minimum absolute atomic E-state index is 0.0915. The van der Waals surface area contributed by atoms with E-state index in [4.69, 9.17) is 4.74 Å². The molecule has 3 aromatic carbocycles. The molecule has 0 saturated carbocycles.